The summed E-state index contributed by atoms with van der Waals surface area (Å²) in [6.07, 6.45) is 1.23. The Hall–Kier alpha value is -0.790. The molecule has 0 amide bonds. The molecule has 1 unspecified atom stereocenters. The second-order valence-corrected chi connectivity index (χ2v) is 2.84. The summed E-state index contributed by atoms with van der Waals surface area (Å²) in [6.45, 7) is 9.31. The zero-order valence-electron chi connectivity index (χ0n) is 7.52. The predicted molar refractivity (Wildman–Crippen MR) is 45.3 cm³/mol. The van der Waals surface area contributed by atoms with E-state index in [2.05, 4.69) is 6.58 Å². The van der Waals surface area contributed by atoms with Crippen LogP contribution >= 0.6 is 0 Å². The van der Waals surface area contributed by atoms with Crippen molar-refractivity contribution < 1.29 is 9.53 Å². The summed E-state index contributed by atoms with van der Waals surface area (Å²) in [7, 11) is 0. The van der Waals surface area contributed by atoms with Gasteiger partial charge in [0.25, 0.3) is 0 Å². The molecule has 0 aromatic heterocycles. The van der Waals surface area contributed by atoms with Gasteiger partial charge in [-0.3, -0.25) is 4.79 Å². The van der Waals surface area contributed by atoms with Crippen molar-refractivity contribution in [3.05, 3.63) is 12.2 Å². The van der Waals surface area contributed by atoms with E-state index in [4.69, 9.17) is 4.74 Å². The summed E-state index contributed by atoms with van der Waals surface area (Å²) < 4.78 is 5.01. The summed E-state index contributed by atoms with van der Waals surface area (Å²) >= 11 is 0. The van der Waals surface area contributed by atoms with Gasteiger partial charge in [0.2, 0.25) is 0 Å². The minimum atomic E-state index is -0.174. The molecule has 1 atom stereocenters. The Morgan fingerprint density at radius 1 is 1.64 bits per heavy atom. The fourth-order valence-corrected chi connectivity index (χ4v) is 0.596. The lowest BCUT2D eigenvalue weighted by Gasteiger charge is -2.09. The monoisotopic (exact) mass is 156 g/mol. The molecular weight excluding hydrogens is 140 g/mol. The Labute approximate surface area is 68.2 Å². The van der Waals surface area contributed by atoms with Crippen molar-refractivity contribution in [2.24, 2.45) is 0 Å². The van der Waals surface area contributed by atoms with Gasteiger partial charge in [-0.15, -0.1) is 0 Å². The largest absolute Gasteiger partial charge is 0.462 e. The molecule has 0 fully saturated rings. The average Bonchev–Trinajstić information content (AvgIpc) is 1.85. The maximum absolute atomic E-state index is 10.9. The van der Waals surface area contributed by atoms with Crippen LogP contribution in [-0.2, 0) is 9.53 Å². The molecular formula is C9H16O2. The molecule has 0 aliphatic heterocycles. The van der Waals surface area contributed by atoms with E-state index in [1.54, 1.807) is 0 Å². The van der Waals surface area contributed by atoms with Gasteiger partial charge in [0.15, 0.2) is 0 Å². The third-order valence-corrected chi connectivity index (χ3v) is 1.35. The Morgan fingerprint density at radius 2 is 2.18 bits per heavy atom. The van der Waals surface area contributed by atoms with E-state index in [9.17, 15) is 4.79 Å². The van der Waals surface area contributed by atoms with Crippen LogP contribution in [0.1, 0.15) is 33.6 Å². The van der Waals surface area contributed by atoms with Gasteiger partial charge in [0.05, 0.1) is 12.5 Å². The van der Waals surface area contributed by atoms with Crippen LogP contribution in [0.15, 0.2) is 12.2 Å². The van der Waals surface area contributed by atoms with E-state index in [1.165, 1.54) is 0 Å². The second kappa shape index (κ2) is 4.94. The van der Waals surface area contributed by atoms with E-state index in [-0.39, 0.29) is 12.1 Å². The molecule has 64 valence electrons. The van der Waals surface area contributed by atoms with Gasteiger partial charge < -0.3 is 4.74 Å². The van der Waals surface area contributed by atoms with E-state index >= 15 is 0 Å². The molecule has 0 spiro atoms. The Morgan fingerprint density at radius 3 is 2.55 bits per heavy atom. The number of ether oxygens (including phenoxy) is 1. The smallest absolute Gasteiger partial charge is 0.310 e. The lowest BCUT2D eigenvalue weighted by atomic mass is 10.2. The molecule has 0 heterocycles. The highest BCUT2D eigenvalue weighted by Gasteiger charge is 2.06. The van der Waals surface area contributed by atoms with Gasteiger partial charge in [-0.1, -0.05) is 19.1 Å². The first-order valence-electron chi connectivity index (χ1n) is 3.90. The van der Waals surface area contributed by atoms with Crippen LogP contribution in [0.4, 0.5) is 0 Å². The first kappa shape index (κ1) is 10.2. The lowest BCUT2D eigenvalue weighted by molar-refractivity contribution is -0.147. The van der Waals surface area contributed by atoms with Gasteiger partial charge >= 0.3 is 5.97 Å². The second-order valence-electron chi connectivity index (χ2n) is 2.84. The fourth-order valence-electron chi connectivity index (χ4n) is 0.596. The number of rotatable bonds is 4. The van der Waals surface area contributed by atoms with Crippen molar-refractivity contribution in [2.45, 2.75) is 39.7 Å². The topological polar surface area (TPSA) is 26.3 Å². The maximum Gasteiger partial charge on any atom is 0.310 e. The highest BCUT2D eigenvalue weighted by molar-refractivity contribution is 5.72. The molecule has 0 saturated heterocycles. The number of esters is 1. The number of carbonyl (C=O) groups is 1. The van der Waals surface area contributed by atoms with Crippen LogP contribution in [0, 0.1) is 0 Å². The van der Waals surface area contributed by atoms with Crippen molar-refractivity contribution >= 4 is 5.97 Å². The highest BCUT2D eigenvalue weighted by Crippen LogP contribution is 2.02. The zero-order valence-corrected chi connectivity index (χ0v) is 7.52. The van der Waals surface area contributed by atoms with Gasteiger partial charge in [-0.2, -0.15) is 0 Å². The van der Waals surface area contributed by atoms with Crippen LogP contribution in [-0.4, -0.2) is 12.1 Å². The molecule has 0 saturated carbocycles. The maximum atomic E-state index is 10.9. The molecule has 2 heteroatoms. The van der Waals surface area contributed by atoms with Crippen molar-refractivity contribution in [3.63, 3.8) is 0 Å². The first-order chi connectivity index (χ1) is 5.06. The molecule has 0 aliphatic carbocycles. The first-order valence-corrected chi connectivity index (χ1v) is 3.90. The van der Waals surface area contributed by atoms with E-state index < -0.39 is 0 Å². The predicted octanol–water partition coefficient (Wildman–Crippen LogP) is 2.29. The summed E-state index contributed by atoms with van der Waals surface area (Å²) in [5.41, 5.74) is 0.846. The molecule has 2 nitrogen and oxygen atoms in total. The molecule has 0 aromatic rings. The van der Waals surface area contributed by atoms with E-state index in [0.717, 1.165) is 12.0 Å². The molecule has 0 aliphatic rings. The summed E-state index contributed by atoms with van der Waals surface area (Å²) in [5.74, 6) is -0.174. The Balaban J connectivity index is 3.60. The minimum Gasteiger partial charge on any atom is -0.462 e. The van der Waals surface area contributed by atoms with Crippen molar-refractivity contribution in [2.75, 3.05) is 0 Å². The minimum absolute atomic E-state index is 0.0295. The molecule has 0 radical (unpaired) electrons. The molecule has 0 aromatic carbocycles. The van der Waals surface area contributed by atoms with Crippen LogP contribution < -0.4 is 0 Å². The van der Waals surface area contributed by atoms with E-state index in [1.807, 2.05) is 20.8 Å². The SMILES string of the molecule is C=C(C)CC(=O)OC(C)CC. The van der Waals surface area contributed by atoms with Crippen molar-refractivity contribution in [3.8, 4) is 0 Å². The summed E-state index contributed by atoms with van der Waals surface area (Å²) in [6, 6.07) is 0. The van der Waals surface area contributed by atoms with Crippen LogP contribution in [0.25, 0.3) is 0 Å². The number of hydrogen-bond donors (Lipinski definition) is 0. The van der Waals surface area contributed by atoms with Crippen molar-refractivity contribution in [1.29, 1.82) is 0 Å². The fraction of sp³-hybridized carbons (Fsp3) is 0.667. The Kier molecular flexibility index (Phi) is 4.59. The quantitative estimate of drug-likeness (QED) is 0.461. The molecule has 0 rings (SSSR count). The molecule has 11 heavy (non-hydrogen) atoms. The van der Waals surface area contributed by atoms with Crippen LogP contribution in [0.2, 0.25) is 0 Å². The molecule has 0 bridgehead atoms. The summed E-state index contributed by atoms with van der Waals surface area (Å²) in [4.78, 5) is 10.9. The molecule has 0 N–H and O–H groups in total. The van der Waals surface area contributed by atoms with Crippen LogP contribution in [0.3, 0.4) is 0 Å². The third kappa shape index (κ3) is 5.64. The normalized spacial score (nSPS) is 12.3. The summed E-state index contributed by atoms with van der Waals surface area (Å²) in [5, 5.41) is 0. The number of hydrogen-bond acceptors (Lipinski definition) is 2. The van der Waals surface area contributed by atoms with Gasteiger partial charge in [-0.05, 0) is 20.3 Å². The average molecular weight is 156 g/mol. The van der Waals surface area contributed by atoms with Gasteiger partial charge in [0, 0.05) is 0 Å². The number of carbonyl (C=O) groups excluding carboxylic acids is 1. The van der Waals surface area contributed by atoms with Crippen molar-refractivity contribution in [1.82, 2.24) is 0 Å². The van der Waals surface area contributed by atoms with Gasteiger partial charge in [-0.25, -0.2) is 0 Å². The van der Waals surface area contributed by atoms with Crippen LogP contribution in [0.5, 0.6) is 0 Å². The van der Waals surface area contributed by atoms with E-state index in [0.29, 0.717) is 6.42 Å². The lowest BCUT2D eigenvalue weighted by Crippen LogP contribution is -2.13. The third-order valence-electron chi connectivity index (χ3n) is 1.35. The zero-order chi connectivity index (χ0) is 8.85. The van der Waals surface area contributed by atoms with Gasteiger partial charge in [0.1, 0.15) is 0 Å². The standard InChI is InChI=1S/C9H16O2/c1-5-8(4)11-9(10)6-7(2)3/h8H,2,5-6H2,1,3-4H3. The Bertz CT molecular complexity index is 150. The highest BCUT2D eigenvalue weighted by atomic mass is 16.5.